The van der Waals surface area contributed by atoms with Crippen molar-refractivity contribution in [2.24, 2.45) is 11.7 Å². The average Bonchev–Trinajstić information content (AvgIpc) is 2.81. The molecular formula is C26H32N4O. The molecule has 5 heteroatoms. The smallest absolute Gasteiger partial charge is 0.226 e. The van der Waals surface area contributed by atoms with E-state index < -0.39 is 0 Å². The average molecular weight is 417 g/mol. The summed E-state index contributed by atoms with van der Waals surface area (Å²) in [6, 6.07) is 16.5. The van der Waals surface area contributed by atoms with Crippen molar-refractivity contribution in [1.29, 1.82) is 5.41 Å². The molecule has 0 saturated carbocycles. The highest BCUT2D eigenvalue weighted by Gasteiger charge is 2.26. The Hall–Kier alpha value is -3.08. The predicted molar refractivity (Wildman–Crippen MR) is 127 cm³/mol. The molecule has 2 aromatic carbocycles. The number of nitrogens with zero attached hydrogens (tertiary/aromatic N) is 2. The van der Waals surface area contributed by atoms with Crippen LogP contribution in [0.2, 0.25) is 0 Å². The first-order valence-corrected chi connectivity index (χ1v) is 11.3. The summed E-state index contributed by atoms with van der Waals surface area (Å²) in [6.45, 7) is 3.86. The van der Waals surface area contributed by atoms with Gasteiger partial charge < -0.3 is 20.9 Å². The highest BCUT2D eigenvalue weighted by molar-refractivity contribution is 6.08. The van der Waals surface area contributed by atoms with Crippen molar-refractivity contribution >= 4 is 23.4 Å². The van der Waals surface area contributed by atoms with Crippen molar-refractivity contribution in [3.8, 4) is 0 Å². The van der Waals surface area contributed by atoms with Crippen LogP contribution in [0.1, 0.15) is 36.0 Å². The van der Waals surface area contributed by atoms with Crippen LogP contribution < -0.4 is 10.6 Å². The van der Waals surface area contributed by atoms with E-state index in [1.807, 2.05) is 35.2 Å². The molecule has 1 amide bonds. The molecule has 31 heavy (non-hydrogen) atoms. The van der Waals surface area contributed by atoms with E-state index >= 15 is 0 Å². The summed E-state index contributed by atoms with van der Waals surface area (Å²) in [5, 5.41) is 7.54. The number of nitrogens with one attached hydrogen (secondary N) is 1. The summed E-state index contributed by atoms with van der Waals surface area (Å²) in [4.78, 5) is 17.2. The number of rotatable bonds is 6. The van der Waals surface area contributed by atoms with Crippen molar-refractivity contribution in [2.45, 2.75) is 32.1 Å². The lowest BCUT2D eigenvalue weighted by atomic mass is 9.92. The van der Waals surface area contributed by atoms with Crippen molar-refractivity contribution in [1.82, 2.24) is 4.90 Å². The van der Waals surface area contributed by atoms with Crippen LogP contribution in [0.4, 0.5) is 5.69 Å². The number of aryl methyl sites for hydroxylation is 1. The van der Waals surface area contributed by atoms with Gasteiger partial charge in [-0.1, -0.05) is 36.4 Å². The summed E-state index contributed by atoms with van der Waals surface area (Å²) in [6.07, 6.45) is 7.68. The third-order valence-electron chi connectivity index (χ3n) is 6.61. The Kier molecular flexibility index (Phi) is 6.70. The van der Waals surface area contributed by atoms with Crippen LogP contribution >= 0.6 is 0 Å². The quantitative estimate of drug-likeness (QED) is 0.702. The second-order valence-electron chi connectivity index (χ2n) is 8.65. The zero-order valence-corrected chi connectivity index (χ0v) is 18.1. The normalized spacial score (nSPS) is 17.4. The molecule has 0 atom stereocenters. The summed E-state index contributed by atoms with van der Waals surface area (Å²) in [5.74, 6) is 0.864. The first-order chi connectivity index (χ1) is 15.2. The fraction of sp³-hybridized carbons (Fsp3) is 0.385. The Labute approximate surface area is 185 Å². The molecule has 0 bridgehead atoms. The van der Waals surface area contributed by atoms with E-state index in [1.54, 1.807) is 0 Å². The van der Waals surface area contributed by atoms with Gasteiger partial charge in [-0.15, -0.1) is 0 Å². The number of fused-ring (bicyclic) bond motifs is 1. The summed E-state index contributed by atoms with van der Waals surface area (Å²) >= 11 is 0. The molecule has 4 rings (SSSR count). The predicted octanol–water partition coefficient (Wildman–Crippen LogP) is 3.87. The summed E-state index contributed by atoms with van der Waals surface area (Å²) in [5.41, 5.74) is 11.2. The van der Waals surface area contributed by atoms with Crippen molar-refractivity contribution < 1.29 is 4.79 Å². The molecule has 3 N–H and O–H groups in total. The zero-order chi connectivity index (χ0) is 21.6. The first kappa shape index (κ1) is 21.2. The molecule has 162 valence electrons. The van der Waals surface area contributed by atoms with Crippen LogP contribution in [0.25, 0.3) is 5.57 Å². The monoisotopic (exact) mass is 416 g/mol. The standard InChI is InChI=1S/C26H32N4O/c27-17-24(18-28)22-8-9-25-23(16-22)7-4-12-30(25)19-21-10-13-29(14-11-21)26(31)15-20-5-2-1-3-6-20/h1-3,5-6,8-9,16-18,21,27H,4,7,10-15,19,28H2/b24-18+,27-17?. The van der Waals surface area contributed by atoms with Gasteiger partial charge in [0.15, 0.2) is 0 Å². The van der Waals surface area contributed by atoms with E-state index in [-0.39, 0.29) is 5.91 Å². The van der Waals surface area contributed by atoms with Crippen LogP contribution in [-0.4, -0.2) is 43.2 Å². The van der Waals surface area contributed by atoms with E-state index in [4.69, 9.17) is 11.1 Å². The van der Waals surface area contributed by atoms with Crippen LogP contribution in [0, 0.1) is 11.3 Å². The van der Waals surface area contributed by atoms with Crippen LogP contribution in [-0.2, 0) is 17.6 Å². The van der Waals surface area contributed by atoms with E-state index in [9.17, 15) is 4.79 Å². The molecule has 2 aromatic rings. The second-order valence-corrected chi connectivity index (χ2v) is 8.65. The fourth-order valence-electron chi connectivity index (χ4n) is 4.83. The zero-order valence-electron chi connectivity index (χ0n) is 18.1. The molecule has 1 fully saturated rings. The van der Waals surface area contributed by atoms with Gasteiger partial charge in [-0.25, -0.2) is 0 Å². The molecular weight excluding hydrogens is 384 g/mol. The number of hydrogen-bond donors (Lipinski definition) is 2. The minimum Gasteiger partial charge on any atom is -0.404 e. The van der Waals surface area contributed by atoms with Gasteiger partial charge in [0.05, 0.1) is 6.42 Å². The fourth-order valence-corrected chi connectivity index (χ4v) is 4.83. The van der Waals surface area contributed by atoms with Crippen molar-refractivity contribution in [3.05, 3.63) is 71.4 Å². The van der Waals surface area contributed by atoms with E-state index in [2.05, 4.69) is 23.1 Å². The molecule has 5 nitrogen and oxygen atoms in total. The van der Waals surface area contributed by atoms with Crippen molar-refractivity contribution in [3.63, 3.8) is 0 Å². The van der Waals surface area contributed by atoms with Gasteiger partial charge in [0.25, 0.3) is 0 Å². The van der Waals surface area contributed by atoms with Gasteiger partial charge in [-0.2, -0.15) is 0 Å². The van der Waals surface area contributed by atoms with Crippen molar-refractivity contribution in [2.75, 3.05) is 31.1 Å². The largest absolute Gasteiger partial charge is 0.404 e. The molecule has 0 unspecified atom stereocenters. The van der Waals surface area contributed by atoms with E-state index in [1.165, 1.54) is 23.7 Å². The molecule has 2 aliphatic heterocycles. The molecule has 0 radical (unpaired) electrons. The van der Waals surface area contributed by atoms with Gasteiger partial charge >= 0.3 is 0 Å². The minimum absolute atomic E-state index is 0.246. The third kappa shape index (κ3) is 4.98. The molecule has 1 saturated heterocycles. The Morgan fingerprint density at radius 2 is 1.87 bits per heavy atom. The number of likely N-dealkylation sites (tertiary alicyclic amines) is 1. The maximum absolute atomic E-state index is 12.7. The number of hydrogen-bond acceptors (Lipinski definition) is 4. The third-order valence-corrected chi connectivity index (χ3v) is 6.61. The lowest BCUT2D eigenvalue weighted by Crippen LogP contribution is -2.43. The lowest BCUT2D eigenvalue weighted by molar-refractivity contribution is -0.131. The van der Waals surface area contributed by atoms with Gasteiger partial charge in [0, 0.05) is 49.9 Å². The van der Waals surface area contributed by atoms with Gasteiger partial charge in [-0.05, 0) is 60.4 Å². The molecule has 2 heterocycles. The molecule has 2 aliphatic rings. The highest BCUT2D eigenvalue weighted by Crippen LogP contribution is 2.31. The SMILES string of the molecule is N=C/C(=C\N)c1ccc2c(c1)CCCN2CC1CCN(C(=O)Cc2ccccc2)CC1. The number of anilines is 1. The maximum Gasteiger partial charge on any atom is 0.226 e. The van der Waals surface area contributed by atoms with Gasteiger partial charge in [-0.3, -0.25) is 4.79 Å². The number of piperidine rings is 1. The Bertz CT molecular complexity index is 945. The van der Waals surface area contributed by atoms with Crippen LogP contribution in [0.15, 0.2) is 54.7 Å². The van der Waals surface area contributed by atoms with Crippen LogP contribution in [0.3, 0.4) is 0 Å². The Morgan fingerprint density at radius 3 is 2.58 bits per heavy atom. The number of allylic oxidation sites excluding steroid dienone is 1. The Balaban J connectivity index is 1.34. The maximum atomic E-state index is 12.7. The number of carbonyl (C=O) groups is 1. The van der Waals surface area contributed by atoms with E-state index in [0.717, 1.165) is 68.6 Å². The number of benzene rings is 2. The topological polar surface area (TPSA) is 73.4 Å². The highest BCUT2D eigenvalue weighted by atomic mass is 16.2. The summed E-state index contributed by atoms with van der Waals surface area (Å²) in [7, 11) is 0. The number of nitrogens with two attached hydrogens (primary N) is 1. The Morgan fingerprint density at radius 1 is 1.10 bits per heavy atom. The second kappa shape index (κ2) is 9.82. The minimum atomic E-state index is 0.246. The van der Waals surface area contributed by atoms with Gasteiger partial charge in [0.1, 0.15) is 0 Å². The lowest BCUT2D eigenvalue weighted by Gasteiger charge is -2.38. The molecule has 0 aromatic heterocycles. The summed E-state index contributed by atoms with van der Waals surface area (Å²) < 4.78 is 0. The van der Waals surface area contributed by atoms with E-state index in [0.29, 0.717) is 12.3 Å². The number of amides is 1. The van der Waals surface area contributed by atoms with Gasteiger partial charge in [0.2, 0.25) is 5.91 Å². The molecule has 0 spiro atoms. The van der Waals surface area contributed by atoms with Crippen LogP contribution in [0.5, 0.6) is 0 Å². The first-order valence-electron chi connectivity index (χ1n) is 11.3. The molecule has 0 aliphatic carbocycles. The number of carbonyl (C=O) groups excluding carboxylic acids is 1.